The van der Waals surface area contributed by atoms with Gasteiger partial charge in [-0.1, -0.05) is 6.08 Å². The number of hydrogen-bond acceptors (Lipinski definition) is 3. The fourth-order valence-electron chi connectivity index (χ4n) is 1.29. The molecule has 0 aromatic heterocycles. The highest BCUT2D eigenvalue weighted by atomic mass is 127. The van der Waals surface area contributed by atoms with Crippen molar-refractivity contribution in [2.45, 2.75) is 18.9 Å². The van der Waals surface area contributed by atoms with Crippen molar-refractivity contribution >= 4 is 22.9 Å². The zero-order chi connectivity index (χ0) is 8.97. The minimum absolute atomic E-state index is 0.00286. The molecule has 3 nitrogen and oxygen atoms in total. The Hall–Kier alpha value is -0.590. The number of nitrogens with one attached hydrogen (secondary N) is 1. The molecule has 0 bridgehead atoms. The lowest BCUT2D eigenvalue weighted by molar-refractivity contribution is 0.523. The van der Waals surface area contributed by atoms with Gasteiger partial charge in [-0.05, 0) is 12.8 Å². The first-order chi connectivity index (χ1) is 5.80. The molecular weight excluding hydrogens is 265 g/mol. The largest absolute Gasteiger partial charge is 0.254 e. The molecule has 0 aliphatic heterocycles. The van der Waals surface area contributed by atoms with Gasteiger partial charge in [-0.3, -0.25) is 3.53 Å². The summed E-state index contributed by atoms with van der Waals surface area (Å²) in [5.41, 5.74) is 0.724. The van der Waals surface area contributed by atoms with Crippen molar-refractivity contribution in [1.82, 2.24) is 3.53 Å². The summed E-state index contributed by atoms with van der Waals surface area (Å²) < 4.78 is 3.02. The van der Waals surface area contributed by atoms with E-state index in [2.05, 4.69) is 15.7 Å². The van der Waals surface area contributed by atoms with Crippen LogP contribution in [0.25, 0.3) is 0 Å². The van der Waals surface area contributed by atoms with E-state index in [9.17, 15) is 0 Å². The maximum atomic E-state index is 8.70. The zero-order valence-electron chi connectivity index (χ0n) is 6.42. The Balaban J connectivity index is 2.73. The quantitative estimate of drug-likeness (QED) is 0.584. The van der Waals surface area contributed by atoms with Gasteiger partial charge in [-0.25, -0.2) is 0 Å². The van der Waals surface area contributed by atoms with Crippen molar-refractivity contribution in [3.05, 3.63) is 11.6 Å². The van der Waals surface area contributed by atoms with Crippen molar-refractivity contribution in [2.75, 3.05) is 0 Å². The molecule has 0 saturated carbocycles. The lowest BCUT2D eigenvalue weighted by atomic mass is 9.88. The monoisotopic (exact) mass is 273 g/mol. The number of allylic oxidation sites excluding steroid dienone is 1. The molecule has 0 heterocycles. The summed E-state index contributed by atoms with van der Waals surface area (Å²) in [4.78, 5) is 0. The molecule has 1 aliphatic carbocycles. The average Bonchev–Trinajstić information content (AvgIpc) is 2.16. The van der Waals surface area contributed by atoms with Gasteiger partial charge < -0.3 is 0 Å². The Bertz CT molecular complexity index is 271. The van der Waals surface area contributed by atoms with Crippen molar-refractivity contribution in [2.24, 2.45) is 5.92 Å². The van der Waals surface area contributed by atoms with Gasteiger partial charge >= 0.3 is 0 Å². The fraction of sp³-hybridized carbons (Fsp3) is 0.500. The molecule has 0 spiro atoms. The van der Waals surface area contributed by atoms with Crippen LogP contribution < -0.4 is 3.53 Å². The highest BCUT2D eigenvalue weighted by Crippen LogP contribution is 2.23. The Labute approximate surface area is 85.6 Å². The lowest BCUT2D eigenvalue weighted by Crippen LogP contribution is -2.25. The number of rotatable bonds is 1. The van der Waals surface area contributed by atoms with Gasteiger partial charge in [0.05, 0.1) is 18.1 Å². The molecule has 1 rings (SSSR count). The molecule has 12 heavy (non-hydrogen) atoms. The number of halogens is 1. The Morgan fingerprint density at radius 3 is 2.83 bits per heavy atom. The standard InChI is InChI=1S/C8H8IN3/c9-12-8-2-6(4-10)1-7(3-8)5-11/h2,7-8,12H,1,3H2. The van der Waals surface area contributed by atoms with E-state index in [0.29, 0.717) is 6.42 Å². The van der Waals surface area contributed by atoms with Crippen molar-refractivity contribution in [3.63, 3.8) is 0 Å². The highest BCUT2D eigenvalue weighted by Gasteiger charge is 2.21. The van der Waals surface area contributed by atoms with Crippen LogP contribution in [0.3, 0.4) is 0 Å². The minimum atomic E-state index is -0.00286. The molecule has 0 radical (unpaired) electrons. The molecule has 62 valence electrons. The van der Waals surface area contributed by atoms with Gasteiger partial charge in [0.2, 0.25) is 0 Å². The molecule has 4 heteroatoms. The van der Waals surface area contributed by atoms with E-state index >= 15 is 0 Å². The van der Waals surface area contributed by atoms with Crippen LogP contribution in [-0.2, 0) is 0 Å². The van der Waals surface area contributed by atoms with Crippen molar-refractivity contribution in [1.29, 1.82) is 10.5 Å². The van der Waals surface area contributed by atoms with Crippen molar-refractivity contribution < 1.29 is 0 Å². The van der Waals surface area contributed by atoms with Gasteiger partial charge in [0.15, 0.2) is 0 Å². The second-order valence-electron chi connectivity index (χ2n) is 2.79. The van der Waals surface area contributed by atoms with Crippen LogP contribution >= 0.6 is 22.9 Å². The van der Waals surface area contributed by atoms with Gasteiger partial charge in [0.1, 0.15) is 0 Å². The van der Waals surface area contributed by atoms with E-state index in [1.807, 2.05) is 28.9 Å². The first kappa shape index (κ1) is 9.50. The van der Waals surface area contributed by atoms with Crippen LogP contribution in [0, 0.1) is 28.6 Å². The van der Waals surface area contributed by atoms with Gasteiger partial charge in [0.25, 0.3) is 0 Å². The predicted octanol–water partition coefficient (Wildman–Crippen LogP) is 1.68. The van der Waals surface area contributed by atoms with Crippen LogP contribution in [0.15, 0.2) is 11.6 Å². The second-order valence-corrected chi connectivity index (χ2v) is 3.41. The van der Waals surface area contributed by atoms with E-state index in [0.717, 1.165) is 12.0 Å². The lowest BCUT2D eigenvalue weighted by Gasteiger charge is -2.20. The van der Waals surface area contributed by atoms with E-state index < -0.39 is 0 Å². The van der Waals surface area contributed by atoms with E-state index in [1.54, 1.807) is 0 Å². The predicted molar refractivity (Wildman–Crippen MR) is 53.0 cm³/mol. The number of nitriles is 2. The normalized spacial score (nSPS) is 28.4. The molecule has 0 saturated heterocycles. The topological polar surface area (TPSA) is 59.6 Å². The SMILES string of the molecule is N#CC1=CC(NI)CC(C#N)C1. The van der Waals surface area contributed by atoms with Gasteiger partial charge in [-0.15, -0.1) is 0 Å². The summed E-state index contributed by atoms with van der Waals surface area (Å²) in [5, 5.41) is 17.4. The molecule has 0 aromatic carbocycles. The van der Waals surface area contributed by atoms with Crippen LogP contribution in [0.2, 0.25) is 0 Å². The van der Waals surface area contributed by atoms with Crippen molar-refractivity contribution in [3.8, 4) is 12.1 Å². The summed E-state index contributed by atoms with van der Waals surface area (Å²) in [6, 6.07) is 4.48. The highest BCUT2D eigenvalue weighted by molar-refractivity contribution is 14.1. The third-order valence-electron chi connectivity index (χ3n) is 1.87. The Kier molecular flexibility index (Phi) is 3.51. The third kappa shape index (κ3) is 2.20. The minimum Gasteiger partial charge on any atom is -0.254 e. The Morgan fingerprint density at radius 1 is 1.58 bits per heavy atom. The smallest absolute Gasteiger partial charge is 0.0944 e. The van der Waals surface area contributed by atoms with Gasteiger partial charge in [-0.2, -0.15) is 10.5 Å². The molecule has 0 fully saturated rings. The summed E-state index contributed by atoms with van der Waals surface area (Å²) in [7, 11) is 0. The maximum absolute atomic E-state index is 8.70. The fourth-order valence-corrected chi connectivity index (χ4v) is 1.73. The first-order valence-electron chi connectivity index (χ1n) is 3.66. The van der Waals surface area contributed by atoms with E-state index in [4.69, 9.17) is 10.5 Å². The summed E-state index contributed by atoms with van der Waals surface area (Å²) in [6.45, 7) is 0. The third-order valence-corrected chi connectivity index (χ3v) is 2.67. The van der Waals surface area contributed by atoms with Crippen LogP contribution in [0.4, 0.5) is 0 Å². The van der Waals surface area contributed by atoms with E-state index in [1.165, 1.54) is 0 Å². The number of nitrogens with zero attached hydrogens (tertiary/aromatic N) is 2. The molecular formula is C8H8IN3. The molecule has 2 atom stereocenters. The van der Waals surface area contributed by atoms with Gasteiger partial charge in [0, 0.05) is 34.5 Å². The summed E-state index contributed by atoms with van der Waals surface area (Å²) in [5.74, 6) is -0.00286. The molecule has 1 N–H and O–H groups in total. The summed E-state index contributed by atoms with van der Waals surface area (Å²) >= 11 is 2.05. The first-order valence-corrected chi connectivity index (χ1v) is 4.74. The molecule has 1 aliphatic rings. The maximum Gasteiger partial charge on any atom is 0.0944 e. The number of hydrogen-bond donors (Lipinski definition) is 1. The van der Waals surface area contributed by atoms with Crippen LogP contribution in [-0.4, -0.2) is 6.04 Å². The zero-order valence-corrected chi connectivity index (χ0v) is 8.58. The molecule has 2 unspecified atom stereocenters. The summed E-state index contributed by atoms with van der Waals surface area (Å²) in [6.07, 6.45) is 3.33. The molecule has 0 amide bonds. The van der Waals surface area contributed by atoms with Crippen LogP contribution in [0.5, 0.6) is 0 Å². The second kappa shape index (κ2) is 4.44. The van der Waals surface area contributed by atoms with E-state index in [-0.39, 0.29) is 12.0 Å². The molecule has 0 aromatic rings. The van der Waals surface area contributed by atoms with Crippen LogP contribution in [0.1, 0.15) is 12.8 Å². The average molecular weight is 273 g/mol. The Morgan fingerprint density at radius 2 is 2.33 bits per heavy atom.